The summed E-state index contributed by atoms with van der Waals surface area (Å²) in [7, 11) is 1.25. The highest BCUT2D eigenvalue weighted by Gasteiger charge is 2.32. The summed E-state index contributed by atoms with van der Waals surface area (Å²) in [5.41, 5.74) is 1.53. The van der Waals surface area contributed by atoms with Crippen LogP contribution < -0.4 is 5.32 Å². The normalized spacial score (nSPS) is 17.8. The number of aliphatic imine (C=N–C) groups is 1. The molecule has 1 aliphatic heterocycles. The zero-order valence-electron chi connectivity index (χ0n) is 23.1. The molecule has 3 heterocycles. The highest BCUT2D eigenvalue weighted by molar-refractivity contribution is 5.98. The van der Waals surface area contributed by atoms with Gasteiger partial charge in [-0.15, -0.1) is 0 Å². The van der Waals surface area contributed by atoms with Gasteiger partial charge in [-0.3, -0.25) is 0 Å². The number of carbonyl (C=O) groups excluding carboxylic acids is 1. The van der Waals surface area contributed by atoms with E-state index in [2.05, 4.69) is 22.2 Å². The second-order valence-corrected chi connectivity index (χ2v) is 10.6. The van der Waals surface area contributed by atoms with Crippen LogP contribution in [0.4, 0.5) is 19.0 Å². The number of nitrogens with zero attached hydrogens (tertiary/aromatic N) is 5. The van der Waals surface area contributed by atoms with Crippen molar-refractivity contribution in [3.8, 4) is 0 Å². The third-order valence-corrected chi connectivity index (χ3v) is 7.84. The molecule has 0 spiro atoms. The molecule has 1 N–H and O–H groups in total. The number of nitrogens with one attached hydrogen (secondary N) is 1. The lowest BCUT2D eigenvalue weighted by Gasteiger charge is -2.32. The molecule has 12 heteroatoms. The molecule has 9 nitrogen and oxygen atoms in total. The SMILES string of the molecule is COC(=O)c1nc(N[C@H](C)C2CCC2)c2c(n1)nc(C1=NC(c3ccccc3)CO1)n2Cc1ccc(C(F)(F)F)cc1. The molecule has 1 aliphatic carbocycles. The average molecular weight is 579 g/mol. The standard InChI is InChI=1S/C30H29F3N6O3/c1-17(19-9-6-10-19)34-24-23-25(37-26(36-24)29(40)41-2)38-27(28-35-22(16-42-28)20-7-4-3-5-8-20)39(23)15-18-11-13-21(14-12-18)30(31,32)33/h3-5,7-8,11-14,17,19,22H,6,9-10,15-16H2,1-2H3,(H,34,36,37)/t17-,22?/m1/s1. The first-order chi connectivity index (χ1) is 20.2. The van der Waals surface area contributed by atoms with E-state index in [1.54, 1.807) is 4.57 Å². The minimum absolute atomic E-state index is 0.0442. The molecule has 6 rings (SSSR count). The highest BCUT2D eigenvalue weighted by Crippen LogP contribution is 2.34. The summed E-state index contributed by atoms with van der Waals surface area (Å²) in [5, 5.41) is 3.45. The molecule has 2 aliphatic rings. The molecular weight excluding hydrogens is 549 g/mol. The van der Waals surface area contributed by atoms with Crippen molar-refractivity contribution in [1.29, 1.82) is 0 Å². The van der Waals surface area contributed by atoms with Crippen molar-refractivity contribution in [2.45, 2.75) is 51.0 Å². The minimum Gasteiger partial charge on any atom is -0.473 e. The van der Waals surface area contributed by atoms with E-state index in [1.165, 1.54) is 19.2 Å². The third-order valence-electron chi connectivity index (χ3n) is 7.84. The maximum Gasteiger partial charge on any atom is 0.416 e. The number of benzene rings is 2. The Bertz CT molecular complexity index is 1630. The molecule has 2 aromatic carbocycles. The van der Waals surface area contributed by atoms with E-state index in [0.29, 0.717) is 35.2 Å². The van der Waals surface area contributed by atoms with Gasteiger partial charge in [-0.2, -0.15) is 13.2 Å². The van der Waals surface area contributed by atoms with Gasteiger partial charge in [0.1, 0.15) is 18.2 Å². The fourth-order valence-corrected chi connectivity index (χ4v) is 5.23. The van der Waals surface area contributed by atoms with Crippen molar-refractivity contribution < 1.29 is 27.4 Å². The van der Waals surface area contributed by atoms with Crippen LogP contribution in [0.25, 0.3) is 11.2 Å². The lowest BCUT2D eigenvalue weighted by molar-refractivity contribution is -0.137. The van der Waals surface area contributed by atoms with E-state index in [-0.39, 0.29) is 36.0 Å². The van der Waals surface area contributed by atoms with Gasteiger partial charge in [0.2, 0.25) is 5.82 Å². The summed E-state index contributed by atoms with van der Waals surface area (Å²) >= 11 is 0. The van der Waals surface area contributed by atoms with E-state index in [4.69, 9.17) is 19.5 Å². The van der Waals surface area contributed by atoms with Crippen LogP contribution in [0.15, 0.2) is 59.6 Å². The van der Waals surface area contributed by atoms with Crippen molar-refractivity contribution in [1.82, 2.24) is 19.5 Å². The lowest BCUT2D eigenvalue weighted by atomic mass is 9.80. The number of carbonyl (C=O) groups is 1. The predicted octanol–water partition coefficient (Wildman–Crippen LogP) is 5.80. The van der Waals surface area contributed by atoms with Crippen LogP contribution in [0.1, 0.15) is 65.4 Å². The number of ether oxygens (including phenoxy) is 2. The van der Waals surface area contributed by atoms with E-state index in [0.717, 1.165) is 37.0 Å². The summed E-state index contributed by atoms with van der Waals surface area (Å²) in [4.78, 5) is 30.9. The molecule has 4 aromatic rings. The molecular formula is C30H29F3N6O3. The number of esters is 1. The number of methoxy groups -OCH3 is 1. The molecule has 1 saturated carbocycles. The van der Waals surface area contributed by atoms with Gasteiger partial charge in [-0.1, -0.05) is 48.9 Å². The molecule has 0 radical (unpaired) electrons. The molecule has 0 saturated heterocycles. The largest absolute Gasteiger partial charge is 0.473 e. The number of hydrogen-bond donors (Lipinski definition) is 1. The van der Waals surface area contributed by atoms with Crippen LogP contribution in [-0.4, -0.2) is 51.1 Å². The lowest BCUT2D eigenvalue weighted by Crippen LogP contribution is -2.31. The third kappa shape index (κ3) is 5.40. The van der Waals surface area contributed by atoms with E-state index >= 15 is 0 Å². The Balaban J connectivity index is 1.49. The van der Waals surface area contributed by atoms with Gasteiger partial charge < -0.3 is 19.4 Å². The molecule has 1 fully saturated rings. The van der Waals surface area contributed by atoms with E-state index in [1.807, 2.05) is 30.3 Å². The van der Waals surface area contributed by atoms with E-state index in [9.17, 15) is 18.0 Å². The fraction of sp³-hybridized carbons (Fsp3) is 0.367. The highest BCUT2D eigenvalue weighted by atomic mass is 19.4. The van der Waals surface area contributed by atoms with Gasteiger partial charge in [0, 0.05) is 6.04 Å². The number of anilines is 1. The van der Waals surface area contributed by atoms with Crippen molar-refractivity contribution in [3.05, 3.63) is 82.9 Å². The van der Waals surface area contributed by atoms with E-state index < -0.39 is 17.7 Å². The van der Waals surface area contributed by atoms with Crippen molar-refractivity contribution in [2.24, 2.45) is 10.9 Å². The Kier molecular flexibility index (Phi) is 7.29. The van der Waals surface area contributed by atoms with Gasteiger partial charge in [-0.05, 0) is 48.9 Å². The number of aromatic nitrogens is 4. The summed E-state index contributed by atoms with van der Waals surface area (Å²) in [6.45, 7) is 2.49. The molecule has 1 unspecified atom stereocenters. The molecule has 0 bridgehead atoms. The van der Waals surface area contributed by atoms with Crippen LogP contribution in [0.5, 0.6) is 0 Å². The average Bonchev–Trinajstić information content (AvgIpc) is 3.57. The van der Waals surface area contributed by atoms with Crippen molar-refractivity contribution in [2.75, 3.05) is 19.0 Å². The zero-order valence-corrected chi connectivity index (χ0v) is 23.1. The smallest absolute Gasteiger partial charge is 0.416 e. The van der Waals surface area contributed by atoms with Gasteiger partial charge >= 0.3 is 12.1 Å². The number of rotatable bonds is 8. The van der Waals surface area contributed by atoms with Crippen LogP contribution >= 0.6 is 0 Å². The molecule has 0 amide bonds. The maximum absolute atomic E-state index is 13.2. The summed E-state index contributed by atoms with van der Waals surface area (Å²) in [6.07, 6.45) is -1.14. The molecule has 42 heavy (non-hydrogen) atoms. The summed E-state index contributed by atoms with van der Waals surface area (Å²) in [6, 6.07) is 14.4. The van der Waals surface area contributed by atoms with Crippen molar-refractivity contribution in [3.63, 3.8) is 0 Å². The van der Waals surface area contributed by atoms with Gasteiger partial charge in [0.25, 0.3) is 5.90 Å². The van der Waals surface area contributed by atoms with Gasteiger partial charge in [0.15, 0.2) is 17.3 Å². The first-order valence-corrected chi connectivity index (χ1v) is 13.8. The summed E-state index contributed by atoms with van der Waals surface area (Å²) in [5.74, 6) is 0.551. The van der Waals surface area contributed by atoms with Crippen LogP contribution in [-0.2, 0) is 22.2 Å². The topological polar surface area (TPSA) is 104 Å². The maximum atomic E-state index is 13.2. The molecule has 2 aromatic heterocycles. The number of imidazole rings is 1. The molecule has 2 atom stereocenters. The van der Waals surface area contributed by atoms with Crippen LogP contribution in [0.3, 0.4) is 0 Å². The van der Waals surface area contributed by atoms with Gasteiger partial charge in [-0.25, -0.2) is 24.7 Å². The minimum atomic E-state index is -4.45. The Labute approximate surface area is 239 Å². The van der Waals surface area contributed by atoms with Crippen LogP contribution in [0, 0.1) is 5.92 Å². The quantitative estimate of drug-likeness (QED) is 0.264. The Morgan fingerprint density at radius 2 is 1.83 bits per heavy atom. The fourth-order valence-electron chi connectivity index (χ4n) is 5.23. The second kappa shape index (κ2) is 11.1. The Morgan fingerprint density at radius 3 is 2.48 bits per heavy atom. The number of fused-ring (bicyclic) bond motifs is 1. The monoisotopic (exact) mass is 578 g/mol. The number of hydrogen-bond acceptors (Lipinski definition) is 8. The predicted molar refractivity (Wildman–Crippen MR) is 149 cm³/mol. The molecule has 218 valence electrons. The first kappa shape index (κ1) is 27.7. The number of alkyl halides is 3. The second-order valence-electron chi connectivity index (χ2n) is 10.6. The first-order valence-electron chi connectivity index (χ1n) is 13.8. The zero-order chi connectivity index (χ0) is 29.4. The van der Waals surface area contributed by atoms with Crippen molar-refractivity contribution >= 4 is 28.8 Å². The number of halogens is 3. The van der Waals surface area contributed by atoms with Crippen LogP contribution in [0.2, 0.25) is 0 Å². The summed E-state index contributed by atoms with van der Waals surface area (Å²) < 4.78 is 52.4. The van der Waals surface area contributed by atoms with Gasteiger partial charge in [0.05, 0.1) is 19.2 Å². The Hall–Kier alpha value is -4.48. The Morgan fingerprint density at radius 1 is 1.10 bits per heavy atom.